The zero-order valence-electron chi connectivity index (χ0n) is 16.3. The number of aliphatic imine (C=N–C) groups is 1. The number of carbonyl (C=O) groups is 1. The minimum atomic E-state index is 0.0223. The molecule has 3 rings (SSSR count). The van der Waals surface area contributed by atoms with Crippen LogP contribution in [0.1, 0.15) is 38.5 Å². The van der Waals surface area contributed by atoms with Crippen LogP contribution in [0, 0.1) is 5.92 Å². The van der Waals surface area contributed by atoms with E-state index in [1.165, 1.54) is 12.8 Å². The molecule has 3 saturated heterocycles. The topological polar surface area (TPSA) is 66.4 Å². The summed E-state index contributed by atoms with van der Waals surface area (Å²) in [6, 6.07) is 0. The maximum absolute atomic E-state index is 12.0. The van der Waals surface area contributed by atoms with Crippen molar-refractivity contribution in [1.29, 1.82) is 0 Å². The first-order valence-corrected chi connectivity index (χ1v) is 10.1. The predicted octanol–water partition coefficient (Wildman–Crippen LogP) is 1.09. The van der Waals surface area contributed by atoms with Crippen molar-refractivity contribution in [3.05, 3.63) is 0 Å². The van der Waals surface area contributed by atoms with E-state index in [1.807, 2.05) is 0 Å². The van der Waals surface area contributed by atoms with E-state index in [4.69, 9.17) is 9.47 Å². The maximum atomic E-state index is 12.0. The highest BCUT2D eigenvalue weighted by Crippen LogP contribution is 2.28. The fraction of sp³-hybridized carbons (Fsp3) is 0.895. The van der Waals surface area contributed by atoms with Crippen LogP contribution in [0.15, 0.2) is 4.99 Å². The molecule has 3 heterocycles. The van der Waals surface area contributed by atoms with E-state index in [1.54, 1.807) is 19.0 Å². The summed E-state index contributed by atoms with van der Waals surface area (Å²) in [5.41, 5.74) is 0. The third-order valence-corrected chi connectivity index (χ3v) is 5.64. The Morgan fingerprint density at radius 2 is 2.00 bits per heavy atom. The van der Waals surface area contributed by atoms with Gasteiger partial charge < -0.3 is 24.6 Å². The van der Waals surface area contributed by atoms with Gasteiger partial charge in [0.2, 0.25) is 5.91 Å². The molecule has 7 heteroatoms. The molecule has 0 aliphatic carbocycles. The molecule has 26 heavy (non-hydrogen) atoms. The number of hydrogen-bond donors (Lipinski definition) is 1. The van der Waals surface area contributed by atoms with Crippen molar-refractivity contribution in [3.63, 3.8) is 0 Å². The number of guanidine groups is 1. The Kier molecular flexibility index (Phi) is 7.14. The predicted molar refractivity (Wildman–Crippen MR) is 101 cm³/mol. The number of likely N-dealkylation sites (tertiary alicyclic amines) is 1. The van der Waals surface area contributed by atoms with Gasteiger partial charge in [0.05, 0.1) is 12.2 Å². The van der Waals surface area contributed by atoms with Gasteiger partial charge in [0, 0.05) is 52.9 Å². The van der Waals surface area contributed by atoms with Crippen molar-refractivity contribution >= 4 is 11.9 Å². The van der Waals surface area contributed by atoms with E-state index in [2.05, 4.69) is 15.2 Å². The van der Waals surface area contributed by atoms with Crippen LogP contribution in [0.25, 0.3) is 0 Å². The summed E-state index contributed by atoms with van der Waals surface area (Å²) in [7, 11) is 3.54. The number of amides is 1. The highest BCUT2D eigenvalue weighted by Gasteiger charge is 2.33. The first kappa shape index (κ1) is 19.4. The van der Waals surface area contributed by atoms with Crippen molar-refractivity contribution in [1.82, 2.24) is 15.1 Å². The van der Waals surface area contributed by atoms with Crippen LogP contribution in [-0.2, 0) is 14.3 Å². The highest BCUT2D eigenvalue weighted by molar-refractivity contribution is 5.85. The second-order valence-corrected chi connectivity index (χ2v) is 7.84. The summed E-state index contributed by atoms with van der Waals surface area (Å²) in [4.78, 5) is 20.5. The fourth-order valence-electron chi connectivity index (χ4n) is 4.01. The molecule has 1 N–H and O–H groups in total. The minimum Gasteiger partial charge on any atom is -0.378 e. The van der Waals surface area contributed by atoms with E-state index in [0.29, 0.717) is 12.0 Å². The Morgan fingerprint density at radius 1 is 1.15 bits per heavy atom. The van der Waals surface area contributed by atoms with Gasteiger partial charge >= 0.3 is 0 Å². The molecule has 0 radical (unpaired) electrons. The van der Waals surface area contributed by atoms with Crippen LogP contribution in [-0.4, -0.2) is 87.4 Å². The summed E-state index contributed by atoms with van der Waals surface area (Å²) in [6.45, 7) is 4.57. The van der Waals surface area contributed by atoms with E-state index in [0.717, 1.165) is 64.5 Å². The number of likely N-dealkylation sites (N-methyl/N-ethyl adjacent to an activating group) is 1. The number of ether oxygens (including phenoxy) is 2. The molecular weight excluding hydrogens is 332 g/mol. The van der Waals surface area contributed by atoms with Gasteiger partial charge in [-0.3, -0.25) is 4.79 Å². The average Bonchev–Trinajstić information content (AvgIpc) is 2.68. The van der Waals surface area contributed by atoms with Crippen molar-refractivity contribution in [3.8, 4) is 0 Å². The van der Waals surface area contributed by atoms with Gasteiger partial charge in [0.25, 0.3) is 0 Å². The first-order chi connectivity index (χ1) is 12.6. The lowest BCUT2D eigenvalue weighted by molar-refractivity contribution is -0.127. The Hall–Kier alpha value is -1.34. The quantitative estimate of drug-likeness (QED) is 0.596. The molecule has 0 aromatic heterocycles. The molecule has 3 atom stereocenters. The Bertz CT molecular complexity index is 491. The standard InChI is InChI=1S/C19H34N4O3/c1-22(2)18(24)13-21-19(20-12-16-7-3-4-10-25-16)23-9-8-17-15(14-23)6-5-11-26-17/h15-17H,3-14H2,1-2H3,(H,20,21). The smallest absolute Gasteiger partial charge is 0.243 e. The lowest BCUT2D eigenvalue weighted by atomic mass is 9.88. The molecule has 0 saturated carbocycles. The van der Waals surface area contributed by atoms with Gasteiger partial charge in [-0.2, -0.15) is 0 Å². The highest BCUT2D eigenvalue weighted by atomic mass is 16.5. The summed E-state index contributed by atoms with van der Waals surface area (Å²) in [5.74, 6) is 1.44. The number of fused-ring (bicyclic) bond motifs is 1. The van der Waals surface area contributed by atoms with Crippen LogP contribution in [0.4, 0.5) is 0 Å². The molecule has 7 nitrogen and oxygen atoms in total. The third kappa shape index (κ3) is 5.33. The van der Waals surface area contributed by atoms with E-state index in [9.17, 15) is 4.79 Å². The van der Waals surface area contributed by atoms with Crippen molar-refractivity contribution in [2.75, 3.05) is 53.5 Å². The zero-order valence-corrected chi connectivity index (χ0v) is 16.3. The van der Waals surface area contributed by atoms with Gasteiger partial charge in [-0.05, 0) is 38.5 Å². The summed E-state index contributed by atoms with van der Waals surface area (Å²) < 4.78 is 11.8. The molecule has 3 aliphatic rings. The fourth-order valence-corrected chi connectivity index (χ4v) is 4.01. The van der Waals surface area contributed by atoms with Gasteiger partial charge in [-0.15, -0.1) is 0 Å². The van der Waals surface area contributed by atoms with Crippen LogP contribution in [0.5, 0.6) is 0 Å². The zero-order chi connectivity index (χ0) is 18.4. The Morgan fingerprint density at radius 3 is 2.77 bits per heavy atom. The molecule has 3 unspecified atom stereocenters. The molecule has 148 valence electrons. The number of nitrogens with zero attached hydrogens (tertiary/aromatic N) is 3. The van der Waals surface area contributed by atoms with Crippen LogP contribution in [0.2, 0.25) is 0 Å². The first-order valence-electron chi connectivity index (χ1n) is 10.1. The molecule has 0 aromatic carbocycles. The van der Waals surface area contributed by atoms with E-state index >= 15 is 0 Å². The largest absolute Gasteiger partial charge is 0.378 e. The van der Waals surface area contributed by atoms with Crippen molar-refractivity contribution < 1.29 is 14.3 Å². The van der Waals surface area contributed by atoms with Gasteiger partial charge in [-0.1, -0.05) is 0 Å². The monoisotopic (exact) mass is 366 g/mol. The number of piperidine rings is 1. The molecule has 0 aromatic rings. The van der Waals surface area contributed by atoms with Gasteiger partial charge in [-0.25, -0.2) is 4.99 Å². The molecular formula is C19H34N4O3. The lowest BCUT2D eigenvalue weighted by Gasteiger charge is -2.42. The lowest BCUT2D eigenvalue weighted by Crippen LogP contribution is -2.53. The summed E-state index contributed by atoms with van der Waals surface area (Å²) in [5, 5.41) is 3.49. The SMILES string of the molecule is CN(C)C(=O)CN=C(NCC1CCCCO1)N1CCC2OCCCC2C1. The van der Waals surface area contributed by atoms with Gasteiger partial charge in [0.15, 0.2) is 5.96 Å². The van der Waals surface area contributed by atoms with Crippen molar-refractivity contribution in [2.24, 2.45) is 10.9 Å². The third-order valence-electron chi connectivity index (χ3n) is 5.64. The number of rotatable bonds is 4. The number of carbonyl (C=O) groups excluding carboxylic acids is 1. The second kappa shape index (κ2) is 9.55. The summed E-state index contributed by atoms with van der Waals surface area (Å²) >= 11 is 0. The van der Waals surface area contributed by atoms with Crippen molar-refractivity contribution in [2.45, 2.75) is 50.7 Å². The minimum absolute atomic E-state index is 0.0223. The van der Waals surface area contributed by atoms with Crippen LogP contribution >= 0.6 is 0 Å². The van der Waals surface area contributed by atoms with E-state index < -0.39 is 0 Å². The summed E-state index contributed by atoms with van der Waals surface area (Å²) in [6.07, 6.45) is 7.51. The maximum Gasteiger partial charge on any atom is 0.243 e. The van der Waals surface area contributed by atoms with Gasteiger partial charge in [0.1, 0.15) is 6.54 Å². The van der Waals surface area contributed by atoms with E-state index in [-0.39, 0.29) is 18.6 Å². The van der Waals surface area contributed by atoms with Crippen LogP contribution < -0.4 is 5.32 Å². The molecule has 3 fully saturated rings. The number of hydrogen-bond acceptors (Lipinski definition) is 4. The normalized spacial score (nSPS) is 29.8. The number of nitrogens with one attached hydrogen (secondary N) is 1. The molecule has 1 amide bonds. The second-order valence-electron chi connectivity index (χ2n) is 7.84. The average molecular weight is 367 g/mol. The molecule has 0 spiro atoms. The molecule has 3 aliphatic heterocycles. The Balaban J connectivity index is 1.61. The molecule has 0 bridgehead atoms. The van der Waals surface area contributed by atoms with Crippen LogP contribution in [0.3, 0.4) is 0 Å². The Labute approximate surface area is 157 Å².